The van der Waals surface area contributed by atoms with Crippen molar-refractivity contribution in [3.63, 3.8) is 0 Å². The quantitative estimate of drug-likeness (QED) is 0.675. The summed E-state index contributed by atoms with van der Waals surface area (Å²) in [5, 5.41) is 2.88. The number of hydrogen-bond donors (Lipinski definition) is 2. The fourth-order valence-electron chi connectivity index (χ4n) is 4.81. The molecule has 6 nitrogen and oxygen atoms in total. The molecule has 1 aromatic carbocycles. The standard InChI is InChI=1S/C22H27N3O3S2.Na.H/c1-13(2)25-9-8-19-16(12-25)11-20(29-19)30(27,28)24-22(26)23-21-17-5-3-4-14(17)10-15-6-7-18(15)21;;/h10-11,13H,3-9,12H2,1-2H3,(H2,23,24,26);;. The van der Waals surface area contributed by atoms with Crippen LogP contribution in [0, 0.1) is 0 Å². The van der Waals surface area contributed by atoms with E-state index in [2.05, 4.69) is 34.9 Å². The molecule has 3 aliphatic rings. The number of rotatable bonds is 4. The van der Waals surface area contributed by atoms with E-state index in [0.717, 1.165) is 67.7 Å². The van der Waals surface area contributed by atoms with Crippen LogP contribution in [-0.2, 0) is 48.7 Å². The van der Waals surface area contributed by atoms with Crippen molar-refractivity contribution in [3.8, 4) is 0 Å². The molecule has 0 radical (unpaired) electrons. The normalized spacial score (nSPS) is 17.3. The third kappa shape index (κ3) is 4.35. The molecule has 0 saturated heterocycles. The topological polar surface area (TPSA) is 78.5 Å². The molecule has 2 aromatic rings. The first-order valence-electron chi connectivity index (χ1n) is 10.7. The number of hydrogen-bond acceptors (Lipinski definition) is 5. The first kappa shape index (κ1) is 23.3. The molecule has 5 rings (SSSR count). The summed E-state index contributed by atoms with van der Waals surface area (Å²) in [5.74, 6) is 0. The van der Waals surface area contributed by atoms with Crippen molar-refractivity contribution in [1.29, 1.82) is 0 Å². The first-order chi connectivity index (χ1) is 14.3. The van der Waals surface area contributed by atoms with Gasteiger partial charge in [0, 0.05) is 29.7 Å². The van der Waals surface area contributed by atoms with Crippen LogP contribution in [-0.4, -0.2) is 61.5 Å². The number of amides is 2. The Hall–Kier alpha value is -0.900. The van der Waals surface area contributed by atoms with Crippen molar-refractivity contribution in [2.45, 2.75) is 69.2 Å². The van der Waals surface area contributed by atoms with Gasteiger partial charge in [-0.25, -0.2) is 17.9 Å². The minimum atomic E-state index is -3.89. The van der Waals surface area contributed by atoms with Crippen LogP contribution in [0.3, 0.4) is 0 Å². The summed E-state index contributed by atoms with van der Waals surface area (Å²) >= 11 is 1.28. The predicted molar refractivity (Wildman–Crippen MR) is 126 cm³/mol. The van der Waals surface area contributed by atoms with Gasteiger partial charge in [0.25, 0.3) is 10.0 Å². The molecule has 0 unspecified atom stereocenters. The third-order valence-electron chi connectivity index (χ3n) is 6.58. The maximum atomic E-state index is 12.9. The van der Waals surface area contributed by atoms with Gasteiger partial charge in [-0.05, 0) is 86.3 Å². The number of benzene rings is 1. The zero-order valence-electron chi connectivity index (χ0n) is 17.4. The third-order valence-corrected chi connectivity index (χ3v) is 9.62. The molecule has 0 fully saturated rings. The van der Waals surface area contributed by atoms with Crippen LogP contribution in [0.1, 0.15) is 53.0 Å². The average molecular weight is 470 g/mol. The Morgan fingerprint density at radius 1 is 1.03 bits per heavy atom. The van der Waals surface area contributed by atoms with Crippen LogP contribution < -0.4 is 10.0 Å². The second kappa shape index (κ2) is 8.80. The van der Waals surface area contributed by atoms with Crippen LogP contribution >= 0.6 is 11.3 Å². The van der Waals surface area contributed by atoms with E-state index in [1.54, 1.807) is 6.07 Å². The molecule has 1 aliphatic heterocycles. The molecule has 0 spiro atoms. The van der Waals surface area contributed by atoms with Crippen molar-refractivity contribution >= 4 is 62.6 Å². The molecule has 2 heterocycles. The van der Waals surface area contributed by atoms with Gasteiger partial charge in [-0.2, -0.15) is 0 Å². The Balaban J connectivity index is 0.00000231. The Bertz CT molecular complexity index is 1140. The Labute approximate surface area is 210 Å². The summed E-state index contributed by atoms with van der Waals surface area (Å²) in [4.78, 5) is 16.1. The number of carbonyl (C=O) groups is 1. The van der Waals surface area contributed by atoms with Gasteiger partial charge < -0.3 is 5.32 Å². The number of urea groups is 1. The summed E-state index contributed by atoms with van der Waals surface area (Å²) in [5.41, 5.74) is 6.84. The molecule has 1 aromatic heterocycles. The van der Waals surface area contributed by atoms with E-state index in [1.807, 2.05) is 0 Å². The Kier molecular flexibility index (Phi) is 6.60. The minimum absolute atomic E-state index is 0. The van der Waals surface area contributed by atoms with Gasteiger partial charge >= 0.3 is 35.6 Å². The number of anilines is 1. The molecule has 0 atom stereocenters. The number of nitrogens with one attached hydrogen (secondary N) is 2. The summed E-state index contributed by atoms with van der Waals surface area (Å²) in [6.45, 7) is 5.99. The number of nitrogens with zero attached hydrogens (tertiary/aromatic N) is 1. The molecule has 2 aliphatic carbocycles. The van der Waals surface area contributed by atoms with Gasteiger partial charge in [0.05, 0.1) is 0 Å². The summed E-state index contributed by atoms with van der Waals surface area (Å²) in [7, 11) is -3.89. The van der Waals surface area contributed by atoms with E-state index in [0.29, 0.717) is 6.04 Å². The van der Waals surface area contributed by atoms with E-state index >= 15 is 0 Å². The van der Waals surface area contributed by atoms with Crippen LogP contribution in [0.5, 0.6) is 0 Å². The van der Waals surface area contributed by atoms with Gasteiger partial charge in [0.1, 0.15) is 4.21 Å². The molecular weight excluding hydrogens is 441 g/mol. The Morgan fingerprint density at radius 2 is 1.77 bits per heavy atom. The molecule has 0 saturated carbocycles. The fraction of sp³-hybridized carbons (Fsp3) is 0.500. The van der Waals surface area contributed by atoms with Crippen LogP contribution in [0.15, 0.2) is 16.3 Å². The van der Waals surface area contributed by atoms with Crippen molar-refractivity contribution in [3.05, 3.63) is 44.8 Å². The SMILES string of the molecule is CC(C)N1CCc2sc(S(=O)(=O)NC(=O)Nc3c4c(cc5c3CC5)CCC4)cc2C1.[NaH]. The molecular formula is C22H28N3NaO3S2. The van der Waals surface area contributed by atoms with E-state index < -0.39 is 16.1 Å². The van der Waals surface area contributed by atoms with E-state index in [4.69, 9.17) is 0 Å². The monoisotopic (exact) mass is 469 g/mol. The maximum absolute atomic E-state index is 12.9. The molecule has 2 N–H and O–H groups in total. The van der Waals surface area contributed by atoms with Crippen molar-refractivity contribution in [2.75, 3.05) is 11.9 Å². The molecule has 0 bridgehead atoms. The van der Waals surface area contributed by atoms with Gasteiger partial charge in [0.2, 0.25) is 0 Å². The van der Waals surface area contributed by atoms with E-state index in [-0.39, 0.29) is 33.8 Å². The average Bonchev–Trinajstić information content (AvgIpc) is 3.30. The number of sulfonamides is 1. The van der Waals surface area contributed by atoms with Crippen molar-refractivity contribution in [2.24, 2.45) is 0 Å². The second-order valence-electron chi connectivity index (χ2n) is 8.77. The molecule has 162 valence electrons. The predicted octanol–water partition coefficient (Wildman–Crippen LogP) is 2.96. The zero-order chi connectivity index (χ0) is 21.0. The number of aryl methyl sites for hydroxylation is 2. The van der Waals surface area contributed by atoms with Crippen LogP contribution in [0.25, 0.3) is 0 Å². The van der Waals surface area contributed by atoms with Gasteiger partial charge in [-0.3, -0.25) is 4.90 Å². The van der Waals surface area contributed by atoms with Crippen LogP contribution in [0.4, 0.5) is 10.5 Å². The Morgan fingerprint density at radius 3 is 2.48 bits per heavy atom. The molecule has 2 amide bonds. The summed E-state index contributed by atoms with van der Waals surface area (Å²) in [6.07, 6.45) is 5.88. The van der Waals surface area contributed by atoms with Crippen molar-refractivity contribution in [1.82, 2.24) is 9.62 Å². The van der Waals surface area contributed by atoms with Gasteiger partial charge in [0.15, 0.2) is 0 Å². The number of carbonyl (C=O) groups excluding carboxylic acids is 1. The van der Waals surface area contributed by atoms with E-state index in [1.165, 1.54) is 33.6 Å². The van der Waals surface area contributed by atoms with Gasteiger partial charge in [-0.1, -0.05) is 6.07 Å². The van der Waals surface area contributed by atoms with E-state index in [9.17, 15) is 13.2 Å². The van der Waals surface area contributed by atoms with Crippen molar-refractivity contribution < 1.29 is 13.2 Å². The molecule has 9 heteroatoms. The fourth-order valence-corrected chi connectivity index (χ4v) is 7.26. The second-order valence-corrected chi connectivity index (χ2v) is 11.8. The summed E-state index contributed by atoms with van der Waals surface area (Å²) < 4.78 is 28.2. The number of thiophene rings is 1. The summed E-state index contributed by atoms with van der Waals surface area (Å²) in [6, 6.07) is 3.75. The first-order valence-corrected chi connectivity index (χ1v) is 13.0. The zero-order valence-corrected chi connectivity index (χ0v) is 19.0. The molecule has 31 heavy (non-hydrogen) atoms. The number of fused-ring (bicyclic) bond motifs is 3. The van der Waals surface area contributed by atoms with Gasteiger partial charge in [-0.15, -0.1) is 11.3 Å². The van der Waals surface area contributed by atoms with Crippen LogP contribution in [0.2, 0.25) is 0 Å².